The fraction of sp³-hybridized carbons (Fsp3) is 0.458. The van der Waals surface area contributed by atoms with E-state index in [1.165, 1.54) is 55.8 Å². The van der Waals surface area contributed by atoms with E-state index in [0.717, 1.165) is 29.8 Å². The van der Waals surface area contributed by atoms with Crippen molar-refractivity contribution in [2.24, 2.45) is 0 Å². The molecule has 0 fully saturated rings. The van der Waals surface area contributed by atoms with Gasteiger partial charge in [-0.15, -0.1) is 0 Å². The number of carbonyl (C=O) groups is 1. The summed E-state index contributed by atoms with van der Waals surface area (Å²) in [6.07, 6.45) is 34.7. The summed E-state index contributed by atoms with van der Waals surface area (Å²) < 4.78 is 4.63. The second-order valence-electron chi connectivity index (χ2n) is 24.3. The van der Waals surface area contributed by atoms with Crippen LogP contribution in [0.25, 0.3) is 6.08 Å². The zero-order valence-corrected chi connectivity index (χ0v) is 56.2. The van der Waals surface area contributed by atoms with E-state index in [2.05, 4.69) is 216 Å². The van der Waals surface area contributed by atoms with Crippen LogP contribution in [0.4, 0.5) is 0 Å². The SMILES string of the molecule is C.C.C.C.C.C.C.CC(C)c1ccccn1.CC(C)c1cccnc1.CC(C)c1cccnc1.CC(C)c1ccnc2c1C=CC2.CC(C)c1ccnc2c1CCC(=O)C2.CC(C)c1ccncc1.CC(C)c1ccncc1.CC(C)c1ccnnc1.CC(C)c1cnoc1. The Labute approximate surface area is 580 Å². The molecule has 0 amide bonds. The van der Waals surface area contributed by atoms with Gasteiger partial charge >= 0.3 is 0 Å². The summed E-state index contributed by atoms with van der Waals surface area (Å²) in [6.45, 7) is 38.9. The van der Waals surface area contributed by atoms with Crippen molar-refractivity contribution in [3.63, 3.8) is 0 Å². The predicted molar refractivity (Wildman–Crippen MR) is 412 cm³/mol. The number of aromatic nitrogens is 10. The van der Waals surface area contributed by atoms with Gasteiger partial charge in [0.05, 0.1) is 23.8 Å². The molecule has 0 aromatic carbocycles. The maximum absolute atomic E-state index is 11.3. The first kappa shape index (κ1) is 95.4. The van der Waals surface area contributed by atoms with Gasteiger partial charge in [-0.05, 0) is 176 Å². The van der Waals surface area contributed by atoms with Crippen molar-refractivity contribution in [2.45, 2.75) is 256 Å². The summed E-state index contributed by atoms with van der Waals surface area (Å²) in [5.74, 6) is 5.52. The molecule has 0 saturated carbocycles. The summed E-state index contributed by atoms with van der Waals surface area (Å²) >= 11 is 0. The lowest BCUT2D eigenvalue weighted by atomic mass is 9.87. The number of ketones is 1. The predicted octanol–water partition coefficient (Wildman–Crippen LogP) is 23.9. The molecule has 95 heavy (non-hydrogen) atoms. The van der Waals surface area contributed by atoms with Gasteiger partial charge in [0, 0.05) is 105 Å². The number of hydrogen-bond acceptors (Lipinski definition) is 12. The molecule has 0 spiro atoms. The Balaban J connectivity index is -0.000000319. The lowest BCUT2D eigenvalue weighted by Crippen LogP contribution is -2.17. The van der Waals surface area contributed by atoms with Crippen LogP contribution in [-0.2, 0) is 24.1 Å². The van der Waals surface area contributed by atoms with Gasteiger partial charge in [0.2, 0.25) is 0 Å². The van der Waals surface area contributed by atoms with E-state index in [-0.39, 0.29) is 52.0 Å². The fourth-order valence-corrected chi connectivity index (χ4v) is 8.54. The minimum atomic E-state index is 0. The number of carbonyl (C=O) groups excluding carboxylic acids is 1. The van der Waals surface area contributed by atoms with Gasteiger partial charge in [-0.3, -0.25) is 39.7 Å². The number of hydrogen-bond donors (Lipinski definition) is 0. The largest absolute Gasteiger partial charge is 0.364 e. The van der Waals surface area contributed by atoms with Crippen molar-refractivity contribution in [3.8, 4) is 0 Å². The number of fused-ring (bicyclic) bond motifs is 2. The molecule has 0 bridgehead atoms. The fourth-order valence-electron chi connectivity index (χ4n) is 8.54. The molecule has 12 heteroatoms. The Kier molecular flexibility index (Phi) is 54.3. The Morgan fingerprint density at radius 2 is 0.821 bits per heavy atom. The highest BCUT2D eigenvalue weighted by Gasteiger charge is 2.20. The van der Waals surface area contributed by atoms with E-state index in [4.69, 9.17) is 0 Å². The van der Waals surface area contributed by atoms with E-state index in [1.807, 2.05) is 116 Å². The molecule has 0 aliphatic heterocycles. The molecular weight excluding hydrogens is 1170 g/mol. The number of nitrogens with zero attached hydrogens (tertiary/aromatic N) is 10. The zero-order valence-electron chi connectivity index (χ0n) is 56.2. The third-order valence-corrected chi connectivity index (χ3v) is 14.3. The van der Waals surface area contributed by atoms with Gasteiger partial charge in [0.15, 0.2) is 0 Å². The second kappa shape index (κ2) is 54.0. The Hall–Kier alpha value is -8.25. The molecule has 9 aromatic rings. The van der Waals surface area contributed by atoms with Crippen LogP contribution < -0.4 is 0 Å². The lowest BCUT2D eigenvalue weighted by molar-refractivity contribution is -0.118. The zero-order chi connectivity index (χ0) is 64.8. The summed E-state index contributed by atoms with van der Waals surface area (Å²) in [5, 5.41) is 11.0. The van der Waals surface area contributed by atoms with Crippen LogP contribution in [0.5, 0.6) is 0 Å². The maximum Gasteiger partial charge on any atom is 0.139 e. The van der Waals surface area contributed by atoms with Crippen LogP contribution in [-0.4, -0.2) is 56.0 Å². The first-order chi connectivity index (χ1) is 42.1. The summed E-state index contributed by atoms with van der Waals surface area (Å²) in [7, 11) is 0. The van der Waals surface area contributed by atoms with E-state index >= 15 is 0 Å². The van der Waals surface area contributed by atoms with E-state index in [9.17, 15) is 4.79 Å². The van der Waals surface area contributed by atoms with E-state index < -0.39 is 0 Å². The van der Waals surface area contributed by atoms with Gasteiger partial charge in [-0.2, -0.15) is 10.2 Å². The van der Waals surface area contributed by atoms with Crippen molar-refractivity contribution in [1.29, 1.82) is 0 Å². The normalized spacial score (nSPS) is 10.7. The van der Waals surface area contributed by atoms with Crippen molar-refractivity contribution in [3.05, 3.63) is 257 Å². The van der Waals surface area contributed by atoms with Gasteiger partial charge in [-0.25, -0.2) is 0 Å². The van der Waals surface area contributed by atoms with Crippen LogP contribution in [0, 0.1) is 0 Å². The average molecular weight is 1300 g/mol. The molecule has 0 radical (unpaired) electrons. The summed E-state index contributed by atoms with van der Waals surface area (Å²) in [4.78, 5) is 39.9. The maximum atomic E-state index is 11.3. The monoisotopic (exact) mass is 1300 g/mol. The minimum Gasteiger partial charge on any atom is -0.364 e. The number of Topliss-reactive ketones (excluding diaryl/α,β-unsaturated/α-hetero) is 1. The van der Waals surface area contributed by atoms with Crippen molar-refractivity contribution < 1.29 is 9.32 Å². The number of allylic oxidation sites excluding steroid dienone is 1. The van der Waals surface area contributed by atoms with Crippen LogP contribution in [0.1, 0.15) is 309 Å². The Bertz CT molecular complexity index is 2890. The third kappa shape index (κ3) is 38.0. The first-order valence-electron chi connectivity index (χ1n) is 31.4. The minimum absolute atomic E-state index is 0. The second-order valence-corrected chi connectivity index (χ2v) is 24.3. The van der Waals surface area contributed by atoms with Crippen LogP contribution in [0.3, 0.4) is 0 Å². The van der Waals surface area contributed by atoms with Crippen LogP contribution >= 0.6 is 0 Å². The first-order valence-corrected chi connectivity index (χ1v) is 31.4. The quantitative estimate of drug-likeness (QED) is 0.135. The summed E-state index contributed by atoms with van der Waals surface area (Å²) in [5.41, 5.74) is 16.6. The molecular formula is C83H130N10O2. The molecule has 0 atom stereocenters. The highest BCUT2D eigenvalue weighted by atomic mass is 16.5. The van der Waals surface area contributed by atoms with Gasteiger partial charge in [-0.1, -0.05) is 212 Å². The smallest absolute Gasteiger partial charge is 0.139 e. The molecule has 9 aromatic heterocycles. The van der Waals surface area contributed by atoms with Crippen LogP contribution in [0.2, 0.25) is 0 Å². The highest BCUT2D eigenvalue weighted by molar-refractivity contribution is 5.82. The molecule has 12 nitrogen and oxygen atoms in total. The number of rotatable bonds is 9. The average Bonchev–Trinajstić information content (AvgIpc) is 1.79. The topological polar surface area (TPSA) is 159 Å². The van der Waals surface area contributed by atoms with Crippen molar-refractivity contribution >= 4 is 11.9 Å². The van der Waals surface area contributed by atoms with Crippen LogP contribution in [0.15, 0.2) is 189 Å². The molecule has 2 aliphatic carbocycles. The number of pyridine rings is 7. The van der Waals surface area contributed by atoms with E-state index in [1.54, 1.807) is 37.2 Å². The molecule has 9 heterocycles. The third-order valence-electron chi connectivity index (χ3n) is 14.3. The standard InChI is InChI=1S/C12H15NO.C11H13N.5C8H11N.C7H10N2.C6H9NO.7CH4/c1-8(2)10-5-6-13-12-7-9(14)3-4-11(10)12;1-8(2)9-6-7-12-11-5-3-4-10(9)11;2*1-7(2)8-3-5-9-6-4-8;2*1-7(2)8-4-3-5-9-6-8;1-7(2)8-5-3-4-6-9-8;1-6(2)7-3-4-8-9-5-7;1-5(2)6-3-7-8-4-6;;;;;;;/h5-6,8H,3-4,7H2,1-2H3;3-4,6-8H,5H2,1-2H3;5*3-7H,1-2H3;3-6H,1-2H3;3-5H,1-2H3;7*1H4. The summed E-state index contributed by atoms with van der Waals surface area (Å²) in [6, 6.07) is 28.5. The molecule has 11 rings (SSSR count). The molecule has 0 N–H and O–H groups in total. The molecule has 0 saturated heterocycles. The highest BCUT2D eigenvalue weighted by Crippen LogP contribution is 2.28. The Morgan fingerprint density at radius 3 is 1.16 bits per heavy atom. The lowest BCUT2D eigenvalue weighted by Gasteiger charge is -2.19. The van der Waals surface area contributed by atoms with Crippen molar-refractivity contribution in [2.75, 3.05) is 0 Å². The van der Waals surface area contributed by atoms with Gasteiger partial charge in [0.1, 0.15) is 12.0 Å². The van der Waals surface area contributed by atoms with Gasteiger partial charge in [0.25, 0.3) is 0 Å². The molecule has 2 aliphatic rings. The molecule has 524 valence electrons. The van der Waals surface area contributed by atoms with Crippen molar-refractivity contribution in [1.82, 2.24) is 50.2 Å². The molecule has 0 unspecified atom stereocenters. The van der Waals surface area contributed by atoms with Gasteiger partial charge < -0.3 is 4.52 Å². The Morgan fingerprint density at radius 1 is 0.358 bits per heavy atom. The van der Waals surface area contributed by atoms with E-state index in [0.29, 0.717) is 71.9 Å².